The number of benzene rings is 1. The lowest BCUT2D eigenvalue weighted by molar-refractivity contribution is -0.142. The van der Waals surface area contributed by atoms with Crippen LogP contribution in [0.25, 0.3) is 0 Å². The Labute approximate surface area is 198 Å². The van der Waals surface area contributed by atoms with Gasteiger partial charge in [0.25, 0.3) is 0 Å². The minimum atomic E-state index is -0.743. The van der Waals surface area contributed by atoms with Crippen LogP contribution in [0, 0.1) is 23.2 Å². The molecule has 0 radical (unpaired) electrons. The molecule has 2 saturated carbocycles. The van der Waals surface area contributed by atoms with Crippen molar-refractivity contribution in [2.24, 2.45) is 23.2 Å². The molecule has 1 aromatic carbocycles. The first kappa shape index (κ1) is 22.4. The van der Waals surface area contributed by atoms with Crippen molar-refractivity contribution in [3.05, 3.63) is 34.9 Å². The van der Waals surface area contributed by atoms with E-state index in [0.29, 0.717) is 30.8 Å². The van der Waals surface area contributed by atoms with Gasteiger partial charge in [-0.1, -0.05) is 37.6 Å². The fourth-order valence-electron chi connectivity index (χ4n) is 6.20. The average Bonchev–Trinajstić information content (AvgIpc) is 3.54. The van der Waals surface area contributed by atoms with Gasteiger partial charge in [-0.05, 0) is 60.6 Å². The summed E-state index contributed by atoms with van der Waals surface area (Å²) in [5, 5.41) is 6.22. The zero-order valence-corrected chi connectivity index (χ0v) is 19.7. The van der Waals surface area contributed by atoms with Crippen LogP contribution in [0.15, 0.2) is 24.3 Å². The largest absolute Gasteiger partial charge is 0.356 e. The first-order chi connectivity index (χ1) is 15.7. The van der Waals surface area contributed by atoms with Gasteiger partial charge in [0.15, 0.2) is 0 Å². The zero-order chi connectivity index (χ0) is 23.5. The molecule has 0 spiro atoms. The minimum Gasteiger partial charge on any atom is -0.356 e. The Balaban J connectivity index is 1.35. The van der Waals surface area contributed by atoms with Crippen LogP contribution in [0.4, 0.5) is 0 Å². The number of halogens is 1. The van der Waals surface area contributed by atoms with E-state index in [9.17, 15) is 19.2 Å². The molecule has 2 aliphatic heterocycles. The third-order valence-electron chi connectivity index (χ3n) is 8.47. The molecule has 7 nitrogen and oxygen atoms in total. The van der Waals surface area contributed by atoms with E-state index in [1.807, 2.05) is 18.2 Å². The number of amides is 3. The lowest BCUT2D eigenvalue weighted by Gasteiger charge is -2.33. The van der Waals surface area contributed by atoms with Gasteiger partial charge in [0, 0.05) is 24.0 Å². The quantitative estimate of drug-likeness (QED) is 0.595. The van der Waals surface area contributed by atoms with Crippen LogP contribution in [0.1, 0.15) is 45.1 Å². The molecule has 5 atom stereocenters. The summed E-state index contributed by atoms with van der Waals surface area (Å²) < 4.78 is 0. The monoisotopic (exact) mass is 471 g/mol. The second-order valence-electron chi connectivity index (χ2n) is 10.7. The fourth-order valence-corrected chi connectivity index (χ4v) is 6.39. The number of hydrogen-bond acceptors (Lipinski definition) is 4. The van der Waals surface area contributed by atoms with Gasteiger partial charge < -0.3 is 20.3 Å². The van der Waals surface area contributed by atoms with Gasteiger partial charge in [0.1, 0.15) is 12.3 Å². The van der Waals surface area contributed by atoms with Crippen LogP contribution >= 0.6 is 11.6 Å². The summed E-state index contributed by atoms with van der Waals surface area (Å²) in [4.78, 5) is 52.7. The van der Waals surface area contributed by atoms with E-state index in [4.69, 9.17) is 11.6 Å². The first-order valence-electron chi connectivity index (χ1n) is 11.8. The van der Waals surface area contributed by atoms with Gasteiger partial charge in [-0.25, -0.2) is 0 Å². The maximum Gasteiger partial charge on any atom is 0.243 e. The molecule has 4 fully saturated rings. The van der Waals surface area contributed by atoms with Crippen molar-refractivity contribution in [3.63, 3.8) is 0 Å². The minimum absolute atomic E-state index is 0.0203. The highest BCUT2D eigenvalue weighted by atomic mass is 35.5. The van der Waals surface area contributed by atoms with Crippen LogP contribution in [0.3, 0.4) is 0 Å². The molecule has 2 saturated heterocycles. The number of nitrogens with zero attached hydrogens (tertiary/aromatic N) is 1. The number of piperidine rings is 1. The third-order valence-corrected chi connectivity index (χ3v) is 8.70. The second-order valence-corrected chi connectivity index (χ2v) is 11.1. The summed E-state index contributed by atoms with van der Waals surface area (Å²) in [6.45, 7) is 5.41. The summed E-state index contributed by atoms with van der Waals surface area (Å²) in [7, 11) is 0. The smallest absolute Gasteiger partial charge is 0.243 e. The Kier molecular flexibility index (Phi) is 5.31. The number of carbonyl (C=O) groups excluding carboxylic acids is 4. The van der Waals surface area contributed by atoms with Crippen molar-refractivity contribution in [2.75, 3.05) is 13.1 Å². The number of fused-ring (bicyclic) bond motifs is 1. The van der Waals surface area contributed by atoms with E-state index < -0.39 is 17.5 Å². The molecule has 0 aromatic heterocycles. The molecule has 0 bridgehead atoms. The molecule has 5 rings (SSSR count). The first-order valence-corrected chi connectivity index (χ1v) is 12.2. The summed E-state index contributed by atoms with van der Waals surface area (Å²) >= 11 is 6.19. The van der Waals surface area contributed by atoms with E-state index in [2.05, 4.69) is 24.5 Å². The number of nitrogens with one attached hydrogen (secondary N) is 2. The van der Waals surface area contributed by atoms with Crippen LogP contribution in [0.2, 0.25) is 5.02 Å². The van der Waals surface area contributed by atoms with Crippen LogP contribution in [-0.4, -0.2) is 54.1 Å². The summed E-state index contributed by atoms with van der Waals surface area (Å²) in [5.74, 6) is -0.329. The molecule has 3 amide bonds. The lowest BCUT2D eigenvalue weighted by Crippen LogP contribution is -2.54. The predicted octanol–water partition coefficient (Wildman–Crippen LogP) is 2.06. The van der Waals surface area contributed by atoms with Crippen LogP contribution < -0.4 is 10.6 Å². The number of likely N-dealkylation sites (tertiary alicyclic amines) is 1. The van der Waals surface area contributed by atoms with Crippen molar-refractivity contribution < 1.29 is 19.2 Å². The van der Waals surface area contributed by atoms with E-state index in [-0.39, 0.29) is 47.3 Å². The van der Waals surface area contributed by atoms with Crippen molar-refractivity contribution in [3.8, 4) is 0 Å². The number of aldehydes is 1. The van der Waals surface area contributed by atoms with E-state index in [1.54, 1.807) is 11.0 Å². The molecular formula is C25H30ClN3O4. The van der Waals surface area contributed by atoms with Crippen LogP contribution in [0.5, 0.6) is 0 Å². The van der Waals surface area contributed by atoms with Gasteiger partial charge in [-0.15, -0.1) is 0 Å². The van der Waals surface area contributed by atoms with Crippen molar-refractivity contribution >= 4 is 35.6 Å². The van der Waals surface area contributed by atoms with E-state index in [0.717, 1.165) is 18.4 Å². The molecule has 2 aliphatic carbocycles. The van der Waals surface area contributed by atoms with E-state index >= 15 is 0 Å². The second kappa shape index (κ2) is 7.83. The third kappa shape index (κ3) is 3.65. The Hall–Kier alpha value is -2.41. The Morgan fingerprint density at radius 2 is 2.09 bits per heavy atom. The SMILES string of the molecule is CC1(C)[C@@H]2[C@@H](C(=O)N[C@H](C=O)C[C@@H]3CCNC3=O)N(C(=O)C3(c4cccc(Cl)c4)CC3)C[C@@H]21. The van der Waals surface area contributed by atoms with Gasteiger partial charge in [-0.3, -0.25) is 14.4 Å². The van der Waals surface area contributed by atoms with Crippen molar-refractivity contribution in [1.29, 1.82) is 0 Å². The molecular weight excluding hydrogens is 442 g/mol. The molecule has 2 heterocycles. The van der Waals surface area contributed by atoms with Gasteiger partial charge >= 0.3 is 0 Å². The molecule has 176 valence electrons. The number of hydrogen-bond donors (Lipinski definition) is 2. The topological polar surface area (TPSA) is 95.6 Å². The molecule has 2 N–H and O–H groups in total. The molecule has 8 heteroatoms. The van der Waals surface area contributed by atoms with Gasteiger partial charge in [0.05, 0.1) is 11.5 Å². The molecule has 0 unspecified atom stereocenters. The van der Waals surface area contributed by atoms with Gasteiger partial charge in [0.2, 0.25) is 17.7 Å². The normalized spacial score (nSPS) is 31.4. The summed E-state index contributed by atoms with van der Waals surface area (Å²) in [5.41, 5.74) is 0.265. The molecule has 33 heavy (non-hydrogen) atoms. The van der Waals surface area contributed by atoms with Crippen molar-refractivity contribution in [1.82, 2.24) is 15.5 Å². The molecule has 4 aliphatic rings. The standard InChI is InChI=1S/C25H30ClN3O4/c1-24(2)18-12-29(23(33)25(7-8-25)15-4-3-5-16(26)11-15)20(19(18)24)22(32)28-17(13-30)10-14-6-9-27-21(14)31/h3-5,11,13-14,17-20H,6-10,12H2,1-2H3,(H,27,31)(H,28,32)/t14-,17-,18-,19-,20-/m0/s1. The predicted molar refractivity (Wildman–Crippen MR) is 122 cm³/mol. The van der Waals surface area contributed by atoms with Gasteiger partial charge in [-0.2, -0.15) is 0 Å². The highest BCUT2D eigenvalue weighted by molar-refractivity contribution is 6.30. The summed E-state index contributed by atoms with van der Waals surface area (Å²) in [6.07, 6.45) is 3.13. The highest BCUT2D eigenvalue weighted by Gasteiger charge is 2.71. The maximum absolute atomic E-state index is 13.8. The Bertz CT molecular complexity index is 1020. The number of rotatable bonds is 7. The number of carbonyl (C=O) groups is 4. The van der Waals surface area contributed by atoms with Crippen molar-refractivity contribution in [2.45, 2.75) is 57.0 Å². The zero-order valence-electron chi connectivity index (χ0n) is 19.0. The fraction of sp³-hybridized carbons (Fsp3) is 0.600. The Morgan fingerprint density at radius 3 is 2.70 bits per heavy atom. The molecule has 1 aromatic rings. The Morgan fingerprint density at radius 1 is 1.33 bits per heavy atom. The maximum atomic E-state index is 13.8. The highest BCUT2D eigenvalue weighted by Crippen LogP contribution is 2.66. The lowest BCUT2D eigenvalue weighted by atomic mass is 9.92. The van der Waals surface area contributed by atoms with Crippen LogP contribution in [-0.2, 0) is 24.6 Å². The summed E-state index contributed by atoms with van der Waals surface area (Å²) in [6, 6.07) is 6.08. The average molecular weight is 472 g/mol. The van der Waals surface area contributed by atoms with E-state index in [1.165, 1.54) is 0 Å².